The average molecular weight is 232 g/mol. The lowest BCUT2D eigenvalue weighted by atomic mass is 10.1. The van der Waals surface area contributed by atoms with Crippen molar-refractivity contribution in [3.8, 4) is 0 Å². The molecule has 0 amide bonds. The largest absolute Gasteiger partial charge is 0.141 e. The quantitative estimate of drug-likeness (QED) is 0.631. The molecule has 15 heavy (non-hydrogen) atoms. The first kappa shape index (κ1) is 9.49. The Morgan fingerprint density at radius 3 is 3.07 bits per heavy atom. The molecule has 2 heterocycles. The number of benzene rings is 1. The number of thiophene rings is 1. The third-order valence-corrected chi connectivity index (χ3v) is 4.67. The molecule has 0 bridgehead atoms. The highest BCUT2D eigenvalue weighted by Crippen LogP contribution is 2.35. The highest BCUT2D eigenvalue weighted by atomic mass is 32.2. The maximum atomic E-state index is 2.38. The van der Waals surface area contributed by atoms with Crippen LogP contribution < -0.4 is 0 Å². The minimum Gasteiger partial charge on any atom is -0.141 e. The normalized spacial score (nSPS) is 15.3. The zero-order valence-corrected chi connectivity index (χ0v) is 10.3. The Balaban J connectivity index is 2.23. The summed E-state index contributed by atoms with van der Waals surface area (Å²) in [5.74, 6) is 0. The molecule has 0 aliphatic carbocycles. The van der Waals surface area contributed by atoms with E-state index in [1.165, 1.54) is 38.3 Å². The van der Waals surface area contributed by atoms with Crippen molar-refractivity contribution in [3.05, 3.63) is 40.1 Å². The average Bonchev–Trinajstić information content (AvgIpc) is 2.44. The van der Waals surface area contributed by atoms with Gasteiger partial charge in [-0.05, 0) is 54.3 Å². The van der Waals surface area contributed by atoms with Crippen LogP contribution in [0, 0.1) is 6.92 Å². The molecule has 1 aromatic carbocycles. The Morgan fingerprint density at radius 1 is 1.20 bits per heavy atom. The van der Waals surface area contributed by atoms with E-state index >= 15 is 0 Å². The fourth-order valence-electron chi connectivity index (χ4n) is 1.97. The van der Waals surface area contributed by atoms with E-state index in [4.69, 9.17) is 0 Å². The molecule has 2 heteroatoms. The molecule has 0 unspecified atom stereocenters. The van der Waals surface area contributed by atoms with Crippen molar-refractivity contribution >= 4 is 33.2 Å². The lowest BCUT2D eigenvalue weighted by Gasteiger charge is -2.04. The molecule has 1 aliphatic rings. The molecular weight excluding hydrogens is 220 g/mol. The van der Waals surface area contributed by atoms with E-state index in [2.05, 4.69) is 36.6 Å². The molecule has 2 aromatic rings. The smallest absolute Gasteiger partial charge is 0.0349 e. The van der Waals surface area contributed by atoms with Crippen molar-refractivity contribution in [2.75, 3.05) is 0 Å². The van der Waals surface area contributed by atoms with E-state index in [1.54, 1.807) is 0 Å². The van der Waals surface area contributed by atoms with E-state index in [1.807, 2.05) is 23.1 Å². The van der Waals surface area contributed by atoms with Crippen molar-refractivity contribution in [2.24, 2.45) is 0 Å². The highest BCUT2D eigenvalue weighted by molar-refractivity contribution is 8.02. The van der Waals surface area contributed by atoms with E-state index < -0.39 is 0 Å². The van der Waals surface area contributed by atoms with Crippen molar-refractivity contribution < 1.29 is 0 Å². The lowest BCUT2D eigenvalue weighted by Crippen LogP contribution is -1.84. The molecule has 0 fully saturated rings. The second-order valence-electron chi connectivity index (χ2n) is 3.88. The van der Waals surface area contributed by atoms with Crippen molar-refractivity contribution in [3.63, 3.8) is 0 Å². The maximum Gasteiger partial charge on any atom is 0.0349 e. The van der Waals surface area contributed by atoms with Gasteiger partial charge in [-0.3, -0.25) is 0 Å². The van der Waals surface area contributed by atoms with Gasteiger partial charge < -0.3 is 0 Å². The van der Waals surface area contributed by atoms with Crippen LogP contribution >= 0.6 is 23.1 Å². The fourth-order valence-corrected chi connectivity index (χ4v) is 3.83. The summed E-state index contributed by atoms with van der Waals surface area (Å²) >= 11 is 3.76. The van der Waals surface area contributed by atoms with Crippen LogP contribution in [0.1, 0.15) is 16.9 Å². The van der Waals surface area contributed by atoms with Gasteiger partial charge in [0.2, 0.25) is 0 Å². The predicted molar refractivity (Wildman–Crippen MR) is 69.9 cm³/mol. The molecule has 0 nitrogen and oxygen atoms in total. The van der Waals surface area contributed by atoms with Crippen molar-refractivity contribution in [2.45, 2.75) is 24.7 Å². The number of rotatable bonds is 0. The molecule has 0 atom stereocenters. The summed E-state index contributed by atoms with van der Waals surface area (Å²) in [7, 11) is 0. The topological polar surface area (TPSA) is 0 Å². The maximum absolute atomic E-state index is 2.38. The predicted octanol–water partition coefficient (Wildman–Crippen LogP) is 4.76. The van der Waals surface area contributed by atoms with Gasteiger partial charge in [0.1, 0.15) is 0 Å². The molecule has 0 spiro atoms. The fraction of sp³-hybridized carbons (Fsp3) is 0.231. The Bertz CT molecular complexity index is 535. The monoisotopic (exact) mass is 232 g/mol. The number of hydrogen-bond donors (Lipinski definition) is 0. The summed E-state index contributed by atoms with van der Waals surface area (Å²) in [5, 5.41) is 3.62. The van der Waals surface area contributed by atoms with Gasteiger partial charge in [-0.15, -0.1) is 11.3 Å². The summed E-state index contributed by atoms with van der Waals surface area (Å²) in [6.07, 6.45) is 4.63. The number of allylic oxidation sites excluding steroid dienone is 1. The lowest BCUT2D eigenvalue weighted by molar-refractivity contribution is 0.983. The molecule has 0 radical (unpaired) electrons. The molecular formula is C13H12S2. The van der Waals surface area contributed by atoms with Crippen LogP contribution in [0.15, 0.2) is 34.6 Å². The first-order valence-corrected chi connectivity index (χ1v) is 6.87. The van der Waals surface area contributed by atoms with Crippen molar-refractivity contribution in [1.29, 1.82) is 0 Å². The van der Waals surface area contributed by atoms with Crippen LogP contribution in [-0.2, 0) is 6.42 Å². The van der Waals surface area contributed by atoms with Gasteiger partial charge in [-0.1, -0.05) is 17.8 Å². The second-order valence-corrected chi connectivity index (χ2v) is 6.12. The van der Waals surface area contributed by atoms with E-state index in [0.717, 1.165) is 0 Å². The Labute approximate surface area is 98.0 Å². The first-order chi connectivity index (χ1) is 7.33. The molecule has 76 valence electrons. The van der Waals surface area contributed by atoms with Crippen LogP contribution in [0.2, 0.25) is 0 Å². The Morgan fingerprint density at radius 2 is 2.13 bits per heavy atom. The molecule has 1 aliphatic heterocycles. The highest BCUT2D eigenvalue weighted by Gasteiger charge is 2.08. The van der Waals surface area contributed by atoms with Gasteiger partial charge in [-0.2, -0.15) is 0 Å². The van der Waals surface area contributed by atoms with Gasteiger partial charge in [0.15, 0.2) is 0 Å². The minimum atomic E-state index is 1.18. The summed E-state index contributed by atoms with van der Waals surface area (Å²) < 4.78 is 1.44. The number of thioether (sulfide) groups is 1. The summed E-state index contributed by atoms with van der Waals surface area (Å²) in [6, 6.07) is 7.01. The Hall–Kier alpha value is -0.730. The Kier molecular flexibility index (Phi) is 2.33. The van der Waals surface area contributed by atoms with Gasteiger partial charge in [-0.25, -0.2) is 0 Å². The zero-order chi connectivity index (χ0) is 10.3. The van der Waals surface area contributed by atoms with Crippen LogP contribution in [0.5, 0.6) is 0 Å². The van der Waals surface area contributed by atoms with E-state index in [9.17, 15) is 0 Å². The third-order valence-electron chi connectivity index (χ3n) is 2.69. The van der Waals surface area contributed by atoms with Crippen LogP contribution in [0.3, 0.4) is 0 Å². The summed E-state index contributed by atoms with van der Waals surface area (Å²) in [4.78, 5) is 2.85. The van der Waals surface area contributed by atoms with Gasteiger partial charge in [0.25, 0.3) is 0 Å². The minimum absolute atomic E-state index is 1.18. The van der Waals surface area contributed by atoms with Gasteiger partial charge >= 0.3 is 0 Å². The zero-order valence-electron chi connectivity index (χ0n) is 8.62. The summed E-state index contributed by atoms with van der Waals surface area (Å²) in [6.45, 7) is 2.18. The number of aryl methyl sites for hydroxylation is 2. The van der Waals surface area contributed by atoms with Crippen LogP contribution in [-0.4, -0.2) is 0 Å². The molecule has 3 rings (SSSR count). The number of hydrogen-bond acceptors (Lipinski definition) is 2. The van der Waals surface area contributed by atoms with Crippen LogP contribution in [0.4, 0.5) is 0 Å². The first-order valence-electron chi connectivity index (χ1n) is 5.18. The molecule has 0 N–H and O–H groups in total. The third kappa shape index (κ3) is 1.72. The van der Waals surface area contributed by atoms with Gasteiger partial charge in [0, 0.05) is 14.5 Å². The van der Waals surface area contributed by atoms with E-state index in [-0.39, 0.29) is 0 Å². The second kappa shape index (κ2) is 3.69. The summed E-state index contributed by atoms with van der Waals surface area (Å²) in [5.41, 5.74) is 1.51. The molecule has 0 saturated heterocycles. The van der Waals surface area contributed by atoms with E-state index in [0.29, 0.717) is 0 Å². The van der Waals surface area contributed by atoms with Crippen LogP contribution in [0.25, 0.3) is 10.1 Å². The molecule has 0 saturated carbocycles. The van der Waals surface area contributed by atoms with Gasteiger partial charge in [0.05, 0.1) is 0 Å². The van der Waals surface area contributed by atoms with Crippen molar-refractivity contribution in [1.82, 2.24) is 0 Å². The number of fused-ring (bicyclic) bond motifs is 2. The molecule has 1 aromatic heterocycles. The standard InChI is InChI=1S/C13H12S2/c1-9-6-11-8-12-10(7-13(11)15-9)4-2-3-5-14-12/h3,5-8H,2,4H2,1H3. The SMILES string of the molecule is Cc1cc2cc3c(cc2s1)CCC=CS3.